The average molecular weight is 384 g/mol. The van der Waals surface area contributed by atoms with Crippen molar-refractivity contribution < 1.29 is 27.8 Å². The normalized spacial score (nSPS) is 16.7. The number of H-pyrrole nitrogens is 1. The van der Waals surface area contributed by atoms with Crippen LogP contribution in [-0.4, -0.2) is 46.0 Å². The molecule has 1 saturated heterocycles. The standard InChI is InChI=1S/C19H23F3N2O3/c1-18(2,26)11-12-5-7-24(8-6-12)17(25)16-10-13-9-14(27-19(20,21)22)3-4-15(13)23-16/h3-4,9-10,12,23,26H,5-8,11H2,1-2H3. The molecule has 8 heteroatoms. The molecule has 0 aliphatic carbocycles. The number of carbonyl (C=O) groups excluding carboxylic acids is 1. The Morgan fingerprint density at radius 2 is 1.93 bits per heavy atom. The fraction of sp³-hybridized carbons (Fsp3) is 0.526. The molecule has 0 spiro atoms. The van der Waals surface area contributed by atoms with Crippen molar-refractivity contribution >= 4 is 16.8 Å². The molecule has 2 heterocycles. The maximum Gasteiger partial charge on any atom is 0.573 e. The lowest BCUT2D eigenvalue weighted by Gasteiger charge is -2.34. The van der Waals surface area contributed by atoms with Gasteiger partial charge in [-0.3, -0.25) is 4.79 Å². The molecule has 1 aromatic heterocycles. The van der Waals surface area contributed by atoms with E-state index in [1.807, 2.05) is 0 Å². The number of aromatic nitrogens is 1. The van der Waals surface area contributed by atoms with Crippen LogP contribution in [0.5, 0.6) is 5.75 Å². The molecule has 3 rings (SSSR count). The number of nitrogens with one attached hydrogen (secondary N) is 1. The summed E-state index contributed by atoms with van der Waals surface area (Å²) in [5, 5.41) is 10.4. The zero-order chi connectivity index (χ0) is 19.8. The van der Waals surface area contributed by atoms with Crippen LogP contribution < -0.4 is 4.74 Å². The van der Waals surface area contributed by atoms with Crippen LogP contribution in [0.15, 0.2) is 24.3 Å². The number of rotatable bonds is 4. The van der Waals surface area contributed by atoms with Crippen molar-refractivity contribution in [1.82, 2.24) is 9.88 Å². The van der Waals surface area contributed by atoms with E-state index in [1.54, 1.807) is 24.8 Å². The Labute approximate surface area is 155 Å². The third kappa shape index (κ3) is 5.15. The minimum absolute atomic E-state index is 0.175. The molecule has 0 saturated carbocycles. The molecule has 1 amide bonds. The van der Waals surface area contributed by atoms with Gasteiger partial charge < -0.3 is 19.7 Å². The van der Waals surface area contributed by atoms with Crippen molar-refractivity contribution in [2.24, 2.45) is 5.92 Å². The van der Waals surface area contributed by atoms with Crippen molar-refractivity contribution in [2.75, 3.05) is 13.1 Å². The van der Waals surface area contributed by atoms with E-state index in [4.69, 9.17) is 0 Å². The summed E-state index contributed by atoms with van der Waals surface area (Å²) >= 11 is 0. The molecular formula is C19H23F3N2O3. The average Bonchev–Trinajstić information content (AvgIpc) is 2.95. The summed E-state index contributed by atoms with van der Waals surface area (Å²) in [6.07, 6.45) is -2.42. The second kappa shape index (κ2) is 7.07. The van der Waals surface area contributed by atoms with Crippen LogP contribution >= 0.6 is 0 Å². The van der Waals surface area contributed by atoms with Gasteiger partial charge in [0.1, 0.15) is 11.4 Å². The summed E-state index contributed by atoms with van der Waals surface area (Å²) in [5.74, 6) is -0.120. The number of fused-ring (bicyclic) bond motifs is 1. The van der Waals surface area contributed by atoms with Gasteiger partial charge in [0.15, 0.2) is 0 Å². The highest BCUT2D eigenvalue weighted by atomic mass is 19.4. The first-order valence-electron chi connectivity index (χ1n) is 8.90. The lowest BCUT2D eigenvalue weighted by Crippen LogP contribution is -2.40. The number of ether oxygens (including phenoxy) is 1. The van der Waals surface area contributed by atoms with Gasteiger partial charge in [0, 0.05) is 24.0 Å². The van der Waals surface area contributed by atoms with Crippen molar-refractivity contribution in [3.05, 3.63) is 30.0 Å². The number of aromatic amines is 1. The number of benzene rings is 1. The molecule has 1 aliphatic heterocycles. The topological polar surface area (TPSA) is 65.6 Å². The molecular weight excluding hydrogens is 361 g/mol. The molecule has 0 atom stereocenters. The Hall–Kier alpha value is -2.22. The van der Waals surface area contributed by atoms with Crippen molar-refractivity contribution in [3.63, 3.8) is 0 Å². The van der Waals surface area contributed by atoms with E-state index in [9.17, 15) is 23.1 Å². The van der Waals surface area contributed by atoms with Gasteiger partial charge in [0.25, 0.3) is 5.91 Å². The first-order valence-corrected chi connectivity index (χ1v) is 8.90. The number of halogens is 3. The largest absolute Gasteiger partial charge is 0.573 e. The van der Waals surface area contributed by atoms with E-state index in [2.05, 4.69) is 9.72 Å². The van der Waals surface area contributed by atoms with Gasteiger partial charge in [-0.25, -0.2) is 0 Å². The highest BCUT2D eigenvalue weighted by Crippen LogP contribution is 2.29. The van der Waals surface area contributed by atoms with Crippen molar-refractivity contribution in [2.45, 2.75) is 45.1 Å². The monoisotopic (exact) mass is 384 g/mol. The zero-order valence-corrected chi connectivity index (χ0v) is 15.3. The third-order valence-corrected chi connectivity index (χ3v) is 4.75. The first-order chi connectivity index (χ1) is 12.5. The van der Waals surface area contributed by atoms with Gasteiger partial charge in [0.05, 0.1) is 5.60 Å². The molecule has 148 valence electrons. The summed E-state index contributed by atoms with van der Waals surface area (Å²) in [5.41, 5.74) is 0.199. The van der Waals surface area contributed by atoms with E-state index in [0.717, 1.165) is 12.8 Å². The number of carbonyl (C=O) groups is 1. The predicted molar refractivity (Wildman–Crippen MR) is 94.5 cm³/mol. The van der Waals surface area contributed by atoms with Crippen LogP contribution in [0.3, 0.4) is 0 Å². The predicted octanol–water partition coefficient (Wildman–Crippen LogP) is 4.08. The summed E-state index contributed by atoms with van der Waals surface area (Å²) < 4.78 is 41.0. The smallest absolute Gasteiger partial charge is 0.406 e. The molecule has 0 radical (unpaired) electrons. The van der Waals surface area contributed by atoms with Crippen LogP contribution in [0.2, 0.25) is 0 Å². The van der Waals surface area contributed by atoms with Gasteiger partial charge in [-0.15, -0.1) is 13.2 Å². The van der Waals surface area contributed by atoms with Crippen molar-refractivity contribution in [3.8, 4) is 5.75 Å². The van der Waals surface area contributed by atoms with Gasteiger partial charge in [0.2, 0.25) is 0 Å². The fourth-order valence-corrected chi connectivity index (χ4v) is 3.64. The fourth-order valence-electron chi connectivity index (χ4n) is 3.64. The molecule has 5 nitrogen and oxygen atoms in total. The van der Waals surface area contributed by atoms with Gasteiger partial charge >= 0.3 is 6.36 Å². The van der Waals surface area contributed by atoms with Crippen LogP contribution in [0.1, 0.15) is 43.6 Å². The summed E-state index contributed by atoms with van der Waals surface area (Å²) in [7, 11) is 0. The molecule has 2 N–H and O–H groups in total. The lowest BCUT2D eigenvalue weighted by atomic mass is 9.86. The van der Waals surface area contributed by atoms with E-state index >= 15 is 0 Å². The Kier molecular flexibility index (Phi) is 5.12. The second-order valence-corrected chi connectivity index (χ2v) is 7.73. The number of alkyl halides is 3. The minimum atomic E-state index is -4.75. The number of nitrogens with zero attached hydrogens (tertiary/aromatic N) is 1. The minimum Gasteiger partial charge on any atom is -0.406 e. The molecule has 1 fully saturated rings. The number of piperidine rings is 1. The van der Waals surface area contributed by atoms with Crippen LogP contribution in [0.4, 0.5) is 13.2 Å². The maximum atomic E-state index is 12.7. The SMILES string of the molecule is CC(C)(O)CC1CCN(C(=O)c2cc3cc(OC(F)(F)F)ccc3[nH]2)CC1. The Bertz CT molecular complexity index is 816. The first kappa shape index (κ1) is 19.5. The number of aliphatic hydroxyl groups is 1. The number of likely N-dealkylation sites (tertiary alicyclic amines) is 1. The van der Waals surface area contributed by atoms with E-state index in [1.165, 1.54) is 18.2 Å². The van der Waals surface area contributed by atoms with Crippen LogP contribution in [0.25, 0.3) is 10.9 Å². The highest BCUT2D eigenvalue weighted by Gasteiger charge is 2.31. The number of amides is 1. The van der Waals surface area contributed by atoms with Crippen LogP contribution in [0, 0.1) is 5.92 Å². The molecule has 0 bridgehead atoms. The maximum absolute atomic E-state index is 12.7. The molecule has 2 aromatic rings. The van der Waals surface area contributed by atoms with E-state index in [0.29, 0.717) is 42.0 Å². The summed E-state index contributed by atoms with van der Waals surface area (Å²) in [6.45, 7) is 4.76. The second-order valence-electron chi connectivity index (χ2n) is 7.73. The van der Waals surface area contributed by atoms with E-state index in [-0.39, 0.29) is 11.7 Å². The summed E-state index contributed by atoms with van der Waals surface area (Å²) in [6, 6.07) is 5.47. The molecule has 0 unspecified atom stereocenters. The zero-order valence-electron chi connectivity index (χ0n) is 15.3. The van der Waals surface area contributed by atoms with Crippen LogP contribution in [-0.2, 0) is 0 Å². The Morgan fingerprint density at radius 1 is 1.26 bits per heavy atom. The molecule has 1 aliphatic rings. The quantitative estimate of drug-likeness (QED) is 0.835. The van der Waals surface area contributed by atoms with Gasteiger partial charge in [-0.05, 0) is 63.3 Å². The van der Waals surface area contributed by atoms with Gasteiger partial charge in [-0.1, -0.05) is 0 Å². The number of hydrogen-bond donors (Lipinski definition) is 2. The Morgan fingerprint density at radius 3 is 2.52 bits per heavy atom. The van der Waals surface area contributed by atoms with Crippen molar-refractivity contribution in [1.29, 1.82) is 0 Å². The highest BCUT2D eigenvalue weighted by molar-refractivity contribution is 5.98. The molecule has 27 heavy (non-hydrogen) atoms. The Balaban J connectivity index is 1.68. The molecule has 1 aromatic carbocycles. The van der Waals surface area contributed by atoms with Gasteiger partial charge in [-0.2, -0.15) is 0 Å². The third-order valence-electron chi connectivity index (χ3n) is 4.75. The lowest BCUT2D eigenvalue weighted by molar-refractivity contribution is -0.274. The van der Waals surface area contributed by atoms with E-state index < -0.39 is 12.0 Å². The number of hydrogen-bond acceptors (Lipinski definition) is 3. The summed E-state index contributed by atoms with van der Waals surface area (Å²) in [4.78, 5) is 17.4.